The zero-order valence-electron chi connectivity index (χ0n) is 11.3. The largest absolute Gasteiger partial charge is 0.496 e. The maximum absolute atomic E-state index is 11.1. The Balaban J connectivity index is 2.15. The Morgan fingerprint density at radius 3 is 2.71 bits per heavy atom. The molecule has 0 heterocycles. The standard InChI is InChI=1S/C15H14BrClN2O2/c1-21-14-5-2-10(16)6-9(14)8-19-11-3-4-12(15(18)20)13(17)7-11/h2-7,19H,8H2,1H3,(H2,18,20). The number of ether oxygens (including phenoxy) is 1. The average molecular weight is 370 g/mol. The number of hydrogen-bond donors (Lipinski definition) is 2. The number of primary amides is 1. The fourth-order valence-corrected chi connectivity index (χ4v) is 2.59. The van der Waals surface area contributed by atoms with Crippen LogP contribution in [0.2, 0.25) is 5.02 Å². The van der Waals surface area contributed by atoms with Crippen molar-refractivity contribution >= 4 is 39.1 Å². The second-order valence-corrected chi connectivity index (χ2v) is 5.69. The summed E-state index contributed by atoms with van der Waals surface area (Å²) in [6, 6.07) is 10.8. The fraction of sp³-hybridized carbons (Fsp3) is 0.133. The van der Waals surface area contributed by atoms with Crippen LogP contribution in [0.25, 0.3) is 0 Å². The van der Waals surface area contributed by atoms with E-state index in [1.54, 1.807) is 25.3 Å². The van der Waals surface area contributed by atoms with E-state index in [4.69, 9.17) is 22.1 Å². The van der Waals surface area contributed by atoms with Crippen LogP contribution >= 0.6 is 27.5 Å². The molecular weight excluding hydrogens is 356 g/mol. The third-order valence-corrected chi connectivity index (χ3v) is 3.77. The third-order valence-electron chi connectivity index (χ3n) is 2.96. The summed E-state index contributed by atoms with van der Waals surface area (Å²) in [5, 5.41) is 3.56. The number of methoxy groups -OCH3 is 1. The van der Waals surface area contributed by atoms with Crippen LogP contribution in [0.3, 0.4) is 0 Å². The summed E-state index contributed by atoms with van der Waals surface area (Å²) in [7, 11) is 1.63. The van der Waals surface area contributed by atoms with Crippen LogP contribution in [0, 0.1) is 0 Å². The van der Waals surface area contributed by atoms with Crippen molar-refractivity contribution in [2.24, 2.45) is 5.73 Å². The highest BCUT2D eigenvalue weighted by Crippen LogP contribution is 2.25. The zero-order valence-corrected chi connectivity index (χ0v) is 13.7. The third kappa shape index (κ3) is 3.89. The summed E-state index contributed by atoms with van der Waals surface area (Å²) in [4.78, 5) is 11.1. The van der Waals surface area contributed by atoms with Gasteiger partial charge in [-0.05, 0) is 36.4 Å². The number of nitrogens with two attached hydrogens (primary N) is 1. The van der Waals surface area contributed by atoms with Gasteiger partial charge < -0.3 is 15.8 Å². The average Bonchev–Trinajstić information content (AvgIpc) is 2.45. The topological polar surface area (TPSA) is 64.3 Å². The summed E-state index contributed by atoms with van der Waals surface area (Å²) >= 11 is 9.45. The van der Waals surface area contributed by atoms with E-state index in [1.807, 2.05) is 18.2 Å². The van der Waals surface area contributed by atoms with Gasteiger partial charge in [0, 0.05) is 22.3 Å². The highest BCUT2D eigenvalue weighted by molar-refractivity contribution is 9.10. The van der Waals surface area contributed by atoms with Crippen molar-refractivity contribution in [3.8, 4) is 5.75 Å². The van der Waals surface area contributed by atoms with Gasteiger partial charge in [0.2, 0.25) is 5.91 Å². The first kappa shape index (κ1) is 15.7. The lowest BCUT2D eigenvalue weighted by molar-refractivity contribution is 0.100. The van der Waals surface area contributed by atoms with Crippen molar-refractivity contribution in [3.63, 3.8) is 0 Å². The van der Waals surface area contributed by atoms with E-state index in [9.17, 15) is 4.79 Å². The summed E-state index contributed by atoms with van der Waals surface area (Å²) in [5.74, 6) is 0.255. The van der Waals surface area contributed by atoms with E-state index in [0.29, 0.717) is 17.1 Å². The van der Waals surface area contributed by atoms with E-state index in [-0.39, 0.29) is 0 Å². The maximum Gasteiger partial charge on any atom is 0.250 e. The number of hydrogen-bond acceptors (Lipinski definition) is 3. The van der Waals surface area contributed by atoms with Crippen LogP contribution in [0.15, 0.2) is 40.9 Å². The molecule has 0 aliphatic carbocycles. The minimum atomic E-state index is -0.541. The number of benzene rings is 2. The van der Waals surface area contributed by atoms with Crippen molar-refractivity contribution < 1.29 is 9.53 Å². The van der Waals surface area contributed by atoms with E-state index >= 15 is 0 Å². The lowest BCUT2D eigenvalue weighted by Gasteiger charge is -2.12. The number of amides is 1. The molecule has 0 aliphatic heterocycles. The summed E-state index contributed by atoms with van der Waals surface area (Å²) in [6.07, 6.45) is 0. The summed E-state index contributed by atoms with van der Waals surface area (Å²) in [6.45, 7) is 0.564. The predicted molar refractivity (Wildman–Crippen MR) is 88.0 cm³/mol. The molecule has 0 aliphatic rings. The SMILES string of the molecule is COc1ccc(Br)cc1CNc1ccc(C(N)=O)c(Cl)c1. The maximum atomic E-state index is 11.1. The van der Waals surface area contributed by atoms with Crippen LogP contribution in [0.4, 0.5) is 5.69 Å². The number of rotatable bonds is 5. The Bertz CT molecular complexity index is 677. The van der Waals surface area contributed by atoms with Gasteiger partial charge >= 0.3 is 0 Å². The molecule has 0 saturated heterocycles. The molecule has 110 valence electrons. The molecule has 2 rings (SSSR count). The van der Waals surface area contributed by atoms with Crippen LogP contribution in [0.1, 0.15) is 15.9 Å². The normalized spacial score (nSPS) is 10.2. The van der Waals surface area contributed by atoms with E-state index in [2.05, 4.69) is 21.2 Å². The number of nitrogens with one attached hydrogen (secondary N) is 1. The minimum absolute atomic E-state index is 0.308. The van der Waals surface area contributed by atoms with Crippen LogP contribution < -0.4 is 15.8 Å². The molecular formula is C15H14BrClN2O2. The Morgan fingerprint density at radius 2 is 2.10 bits per heavy atom. The first-order chi connectivity index (χ1) is 10.0. The molecule has 0 spiro atoms. The van der Waals surface area contributed by atoms with Crippen LogP contribution in [0.5, 0.6) is 5.75 Å². The first-order valence-electron chi connectivity index (χ1n) is 6.17. The number of halogens is 2. The van der Waals surface area contributed by atoms with Crippen molar-refractivity contribution in [1.29, 1.82) is 0 Å². The molecule has 2 aromatic rings. The Hall–Kier alpha value is -1.72. The van der Waals surface area contributed by atoms with Gasteiger partial charge in [-0.15, -0.1) is 0 Å². The Kier molecular flexibility index (Phi) is 5.09. The van der Waals surface area contributed by atoms with Crippen molar-refractivity contribution in [1.82, 2.24) is 0 Å². The molecule has 0 aromatic heterocycles. The molecule has 21 heavy (non-hydrogen) atoms. The van der Waals surface area contributed by atoms with Gasteiger partial charge in [-0.25, -0.2) is 0 Å². The molecule has 0 atom stereocenters. The molecule has 2 aromatic carbocycles. The lowest BCUT2D eigenvalue weighted by Crippen LogP contribution is -2.11. The van der Waals surface area contributed by atoms with E-state index in [0.717, 1.165) is 21.5 Å². The van der Waals surface area contributed by atoms with Crippen molar-refractivity contribution in [3.05, 3.63) is 57.0 Å². The molecule has 0 saturated carbocycles. The van der Waals surface area contributed by atoms with Gasteiger partial charge in [-0.2, -0.15) is 0 Å². The van der Waals surface area contributed by atoms with Gasteiger partial charge in [0.1, 0.15) is 5.75 Å². The molecule has 4 nitrogen and oxygen atoms in total. The zero-order chi connectivity index (χ0) is 15.4. The molecule has 0 radical (unpaired) electrons. The van der Waals surface area contributed by atoms with Crippen LogP contribution in [-0.2, 0) is 6.54 Å². The van der Waals surface area contributed by atoms with Crippen molar-refractivity contribution in [2.45, 2.75) is 6.54 Å². The highest BCUT2D eigenvalue weighted by Gasteiger charge is 2.08. The van der Waals surface area contributed by atoms with E-state index < -0.39 is 5.91 Å². The van der Waals surface area contributed by atoms with Crippen LogP contribution in [-0.4, -0.2) is 13.0 Å². The number of carbonyl (C=O) groups is 1. The Morgan fingerprint density at radius 1 is 1.33 bits per heavy atom. The first-order valence-corrected chi connectivity index (χ1v) is 7.34. The summed E-state index contributed by atoms with van der Waals surface area (Å²) < 4.78 is 6.29. The second kappa shape index (κ2) is 6.83. The monoisotopic (exact) mass is 368 g/mol. The minimum Gasteiger partial charge on any atom is -0.496 e. The molecule has 0 fully saturated rings. The van der Waals surface area contributed by atoms with Gasteiger partial charge in [-0.3, -0.25) is 4.79 Å². The lowest BCUT2D eigenvalue weighted by atomic mass is 10.1. The Labute approximate surface area is 136 Å². The van der Waals surface area contributed by atoms with Gasteiger partial charge in [-0.1, -0.05) is 27.5 Å². The molecule has 0 bridgehead atoms. The predicted octanol–water partition coefficient (Wildman–Crippen LogP) is 3.82. The second-order valence-electron chi connectivity index (χ2n) is 4.37. The molecule has 3 N–H and O–H groups in total. The quantitative estimate of drug-likeness (QED) is 0.842. The smallest absolute Gasteiger partial charge is 0.250 e. The fourth-order valence-electron chi connectivity index (χ4n) is 1.91. The van der Waals surface area contributed by atoms with Gasteiger partial charge in [0.15, 0.2) is 0 Å². The molecule has 0 unspecified atom stereocenters. The summed E-state index contributed by atoms with van der Waals surface area (Å²) in [5.41, 5.74) is 7.33. The molecule has 6 heteroatoms. The van der Waals surface area contributed by atoms with E-state index in [1.165, 1.54) is 0 Å². The van der Waals surface area contributed by atoms with Gasteiger partial charge in [0.25, 0.3) is 0 Å². The highest BCUT2D eigenvalue weighted by atomic mass is 79.9. The van der Waals surface area contributed by atoms with Gasteiger partial charge in [0.05, 0.1) is 17.7 Å². The number of anilines is 1. The van der Waals surface area contributed by atoms with Crippen molar-refractivity contribution in [2.75, 3.05) is 12.4 Å². The number of carbonyl (C=O) groups excluding carboxylic acids is 1. The molecule has 1 amide bonds.